The third-order valence-corrected chi connectivity index (χ3v) is 29.5. The Balaban J connectivity index is 0.00000241. The summed E-state index contributed by atoms with van der Waals surface area (Å²) in [5.41, 5.74) is 25.4. The summed E-state index contributed by atoms with van der Waals surface area (Å²) in [6.45, 7) is 26.3. The molecule has 1 aliphatic heterocycles. The summed E-state index contributed by atoms with van der Waals surface area (Å²) >= 11 is 0. The van der Waals surface area contributed by atoms with Gasteiger partial charge in [0, 0.05) is 23.1 Å². The van der Waals surface area contributed by atoms with E-state index in [0.717, 1.165) is 81.2 Å². The quantitative estimate of drug-likeness (QED) is 0.0207. The van der Waals surface area contributed by atoms with Crippen LogP contribution in [0.4, 0.5) is 0 Å². The predicted octanol–water partition coefficient (Wildman–Crippen LogP) is 47.1. The Morgan fingerprint density at radius 2 is 0.361 bits per heavy atom. The number of hydrogen-bond donors (Lipinski definition) is 0. The van der Waals surface area contributed by atoms with Gasteiger partial charge in [0.25, 0.3) is 0 Å². The minimum Gasteiger partial charge on any atom is -0.493 e. The molecule has 0 saturated carbocycles. The van der Waals surface area contributed by atoms with Gasteiger partial charge in [-0.25, -0.2) is 4.70 Å². The summed E-state index contributed by atoms with van der Waals surface area (Å²) in [4.78, 5) is 0. The van der Waals surface area contributed by atoms with Crippen molar-refractivity contribution < 1.29 is 21.2 Å². The zero-order valence-electron chi connectivity index (χ0n) is 92.2. The van der Waals surface area contributed by atoms with E-state index in [1.807, 2.05) is 0 Å². The second-order valence-corrected chi connectivity index (χ2v) is 42.9. The van der Waals surface area contributed by atoms with Gasteiger partial charge in [0.1, 0.15) is 5.57 Å². The summed E-state index contributed by atoms with van der Waals surface area (Å²) in [7, 11) is 0. The van der Waals surface area contributed by atoms with Crippen molar-refractivity contribution >= 4 is 11.4 Å². The van der Waals surface area contributed by atoms with Crippen LogP contribution in [-0.2, 0) is 42.2 Å². The number of hydrogen-bond acceptors (Lipinski definition) is 0. The third kappa shape index (κ3) is 84.9. The van der Waals surface area contributed by atoms with E-state index in [2.05, 4.69) is 117 Å². The summed E-state index contributed by atoms with van der Waals surface area (Å²) in [5, 5.41) is 0. The molecule has 0 bridgehead atoms. The van der Waals surface area contributed by atoms with Crippen molar-refractivity contribution in [2.45, 2.75) is 710 Å². The molecule has 3 rings (SSSR count). The molecule has 0 aromatic heterocycles. The van der Waals surface area contributed by atoms with Crippen LogP contribution in [0.2, 0.25) is 0 Å². The number of nitrogens with zero attached hydrogens (tertiary/aromatic N) is 2. The van der Waals surface area contributed by atoms with E-state index in [1.54, 1.807) is 4.70 Å². The topological polar surface area (TPSA) is 25.3 Å². The van der Waals surface area contributed by atoms with Gasteiger partial charge in [-0.05, 0) is 117 Å². The molecule has 2 nitrogen and oxygen atoms in total. The van der Waals surface area contributed by atoms with Gasteiger partial charge in [0.15, 0.2) is 0 Å². The van der Waals surface area contributed by atoms with Crippen molar-refractivity contribution in [3.8, 4) is 11.8 Å². The van der Waals surface area contributed by atoms with Gasteiger partial charge < -0.3 is 19.4 Å². The fourth-order valence-corrected chi connectivity index (χ4v) is 20.6. The summed E-state index contributed by atoms with van der Waals surface area (Å²) in [5.74, 6) is 7.65. The van der Waals surface area contributed by atoms with Gasteiger partial charge in [0.2, 0.25) is 11.4 Å². The molecule has 778 valence electrons. The first-order chi connectivity index (χ1) is 65.3. The maximum absolute atomic E-state index is 13.0. The monoisotopic (exact) mass is 1890 g/mol. The maximum Gasteiger partial charge on any atom is 2.00 e. The van der Waals surface area contributed by atoms with Crippen LogP contribution >= 0.6 is 0 Å². The largest absolute Gasteiger partial charge is 2.00 e. The van der Waals surface area contributed by atoms with Crippen LogP contribution in [0.25, 0.3) is 16.9 Å². The molecule has 1 aliphatic rings. The summed E-state index contributed by atoms with van der Waals surface area (Å²) in [6.07, 6.45) is 141. The molecule has 0 unspecified atom stereocenters. The maximum atomic E-state index is 13.0. The van der Waals surface area contributed by atoms with Gasteiger partial charge >= 0.3 is 16.5 Å². The molecule has 2 aromatic carbocycles. The van der Waals surface area contributed by atoms with Crippen LogP contribution in [0.1, 0.15) is 718 Å². The molecular weight excluding hydrogens is 1650 g/mol. The van der Waals surface area contributed by atoms with E-state index in [4.69, 9.17) is 0 Å². The number of unbranched alkanes of at least 4 members (excludes halogenated alkanes) is 89. The van der Waals surface area contributed by atoms with Gasteiger partial charge in [-0.3, -0.25) is 0 Å². The smallest absolute Gasteiger partial charge is 0.493 e. The zero-order valence-corrected chi connectivity index (χ0v) is 93.2. The van der Waals surface area contributed by atoms with Crippen LogP contribution in [0.5, 0.6) is 0 Å². The molecule has 1 heterocycles. The minimum absolute atomic E-state index is 0. The molecule has 3 heteroatoms. The molecule has 0 saturated heterocycles. The molecule has 0 N–H and O–H groups in total. The average Bonchev–Trinajstić information content (AvgIpc) is 1.60. The molecule has 0 fully saturated rings. The van der Waals surface area contributed by atoms with E-state index < -0.39 is 0 Å². The molecule has 133 heavy (non-hydrogen) atoms. The molecule has 0 aliphatic carbocycles. The summed E-state index contributed by atoms with van der Waals surface area (Å²) < 4.78 is 1.65. The Morgan fingerprint density at radius 1 is 0.195 bits per heavy atom. The molecule has 2 aromatic rings. The normalized spacial score (nSPS) is 12.0. The van der Waals surface area contributed by atoms with Crippen LogP contribution in [0.3, 0.4) is 0 Å². The molecular formula is C130H238N2Ni. The standard InChI is InChI=1S/C72H120N2.2C29H59.Ni/c1-7-13-19-23-27-28-29-30-31-32-33-34-35-36-37-38-39-40-41-42-46-50-56-70-69(55-49-45-26-22-16-10-4)71(67-59-63(51-17-11-5)57-64(60-67)52-18-12-6)74(73)72(70)68-61-65(53-47-43-24-20-14-8-2)58-66(62-68)54-48-44-25-21-15-9-3;2*1-3-5-7-9-11-13-15-17-19-21-23-25-27-29-28-26-24-22-20-18-16-14-12-10-8-6-4-2;/h57-62H,7-49,51-55H2,1-6H3;2*1,3-29H2,2H3;/q;2*-1;+2. The van der Waals surface area contributed by atoms with E-state index in [9.17, 15) is 5.53 Å². The second-order valence-electron chi connectivity index (χ2n) is 42.9. The zero-order chi connectivity index (χ0) is 95.1. The van der Waals surface area contributed by atoms with Crippen LogP contribution in [0.15, 0.2) is 47.5 Å². The Hall–Kier alpha value is -2.43. The molecule has 0 spiro atoms. The Kier molecular flexibility index (Phi) is 106. The average molecular weight is 1890 g/mol. The van der Waals surface area contributed by atoms with Crippen LogP contribution in [0, 0.1) is 25.7 Å². The first kappa shape index (κ1) is 131. The number of aryl methyl sites for hydroxylation is 4. The number of allylic oxidation sites excluding steroid dienone is 2. The minimum atomic E-state index is 0. The van der Waals surface area contributed by atoms with Crippen molar-refractivity contribution in [1.29, 1.82) is 0 Å². The van der Waals surface area contributed by atoms with Gasteiger partial charge in [-0.2, -0.15) is 12.8 Å². The van der Waals surface area contributed by atoms with Crippen molar-refractivity contribution in [1.82, 2.24) is 0 Å². The molecule has 0 amide bonds. The molecule has 0 radical (unpaired) electrons. The van der Waals surface area contributed by atoms with E-state index >= 15 is 0 Å². The first-order valence-corrected chi connectivity index (χ1v) is 61.6. The van der Waals surface area contributed by atoms with E-state index in [-0.39, 0.29) is 16.5 Å². The van der Waals surface area contributed by atoms with Crippen molar-refractivity contribution in [2.24, 2.45) is 0 Å². The Bertz CT molecular complexity index is 2640. The Morgan fingerprint density at radius 3 is 0.564 bits per heavy atom. The fraction of sp³-hybridized carbons (Fsp3) is 0.846. The van der Waals surface area contributed by atoms with Crippen molar-refractivity contribution in [3.05, 3.63) is 100 Å². The van der Waals surface area contributed by atoms with E-state index in [0.29, 0.717) is 0 Å². The van der Waals surface area contributed by atoms with Crippen molar-refractivity contribution in [2.75, 3.05) is 0 Å². The number of benzene rings is 2. The third-order valence-electron chi connectivity index (χ3n) is 29.5. The van der Waals surface area contributed by atoms with Gasteiger partial charge in [0.05, 0.1) is 0 Å². The number of rotatable bonds is 101. The Labute approximate surface area is 849 Å². The van der Waals surface area contributed by atoms with Crippen LogP contribution < -0.4 is 0 Å². The van der Waals surface area contributed by atoms with Gasteiger partial charge in [-0.15, -0.1) is 0 Å². The van der Waals surface area contributed by atoms with Crippen LogP contribution in [-0.4, -0.2) is 4.70 Å². The van der Waals surface area contributed by atoms with Crippen molar-refractivity contribution in [3.63, 3.8) is 0 Å². The molecule has 0 atom stereocenters. The first-order valence-electron chi connectivity index (χ1n) is 61.6. The second kappa shape index (κ2) is 108. The summed E-state index contributed by atoms with van der Waals surface area (Å²) in [6, 6.07) is 14.7. The fourth-order valence-electron chi connectivity index (χ4n) is 20.6. The van der Waals surface area contributed by atoms with E-state index in [1.165, 1.54) is 630 Å². The SMILES string of the molecule is CCCCCCCCCCCCCCCCCCCCCCC#CC1=C(c2cc(CCCCCCCC)cc(CCCCCCCC)c2)[N+](=[N-])C(c2cc(CCCC)cc(CCCC)c2)=C1CCCCCCCC.[CH2-]CCCCCCCCCCCCCCCCCCCCCCCCCCCC.[CH2-]CCCCCCCCCCCCCCCCCCCCCCCCCCCC.[Ni+2]. The predicted molar refractivity (Wildman–Crippen MR) is 602 cm³/mol. The van der Waals surface area contributed by atoms with Gasteiger partial charge in [-0.1, -0.05) is 644 Å².